The number of nitrogens with zero attached hydrogens (tertiary/aromatic N) is 1. The van der Waals surface area contributed by atoms with Gasteiger partial charge in [-0.05, 0) is 47.7 Å². The van der Waals surface area contributed by atoms with Crippen molar-refractivity contribution in [3.8, 4) is 11.5 Å². The summed E-state index contributed by atoms with van der Waals surface area (Å²) < 4.78 is 37.2. The van der Waals surface area contributed by atoms with Crippen molar-refractivity contribution in [3.63, 3.8) is 0 Å². The number of rotatable bonds is 6. The number of amides is 1. The molecule has 1 aliphatic heterocycles. The molecule has 3 rings (SSSR count). The average molecular weight is 447 g/mol. The maximum Gasteiger partial charge on any atom is 0.263 e. The molecule has 1 amide bonds. The van der Waals surface area contributed by atoms with Crippen LogP contribution in [0.2, 0.25) is 0 Å². The molecule has 8 heteroatoms. The molecule has 2 aromatic rings. The molecular formula is C23H30N2O5S. The summed E-state index contributed by atoms with van der Waals surface area (Å²) in [6.07, 6.45) is 0.186. The first kappa shape index (κ1) is 22.9. The van der Waals surface area contributed by atoms with Crippen LogP contribution >= 0.6 is 0 Å². The van der Waals surface area contributed by atoms with Gasteiger partial charge in [-0.3, -0.25) is 9.10 Å². The van der Waals surface area contributed by atoms with E-state index in [1.807, 2.05) is 37.3 Å². The summed E-state index contributed by atoms with van der Waals surface area (Å²) in [4.78, 5) is 12.6. The maximum atomic E-state index is 12.6. The van der Waals surface area contributed by atoms with Gasteiger partial charge in [0.05, 0.1) is 25.0 Å². The molecule has 31 heavy (non-hydrogen) atoms. The minimum Gasteiger partial charge on any atom is -0.492 e. The van der Waals surface area contributed by atoms with Crippen molar-refractivity contribution in [1.82, 2.24) is 5.32 Å². The predicted octanol–water partition coefficient (Wildman–Crippen LogP) is 3.01. The highest BCUT2D eigenvalue weighted by molar-refractivity contribution is 7.92. The van der Waals surface area contributed by atoms with Crippen molar-refractivity contribution < 1.29 is 22.7 Å². The second kappa shape index (κ2) is 8.78. The Labute approximate surface area is 184 Å². The molecule has 0 saturated carbocycles. The topological polar surface area (TPSA) is 84.9 Å². The van der Waals surface area contributed by atoms with Crippen LogP contribution in [-0.2, 0) is 20.2 Å². The number of fused-ring (bicyclic) bond motifs is 1. The fourth-order valence-electron chi connectivity index (χ4n) is 3.32. The van der Waals surface area contributed by atoms with E-state index in [1.165, 1.54) is 9.87 Å². The second-order valence-electron chi connectivity index (χ2n) is 8.79. The SMILES string of the molecule is Cc1ccc2c(c1)O[C@@H](C(=O)NCCOc1ccc(C(C)(C)C)cc1)CN2S(C)(=O)=O. The molecule has 1 N–H and O–H groups in total. The predicted molar refractivity (Wildman–Crippen MR) is 121 cm³/mol. The van der Waals surface area contributed by atoms with Crippen LogP contribution in [0.5, 0.6) is 11.5 Å². The molecule has 0 aliphatic carbocycles. The zero-order valence-electron chi connectivity index (χ0n) is 18.6. The number of hydrogen-bond donors (Lipinski definition) is 1. The lowest BCUT2D eigenvalue weighted by Gasteiger charge is -2.34. The fourth-order valence-corrected chi connectivity index (χ4v) is 4.23. The highest BCUT2D eigenvalue weighted by Crippen LogP contribution is 2.35. The quantitative estimate of drug-likeness (QED) is 0.690. The number of aryl methyl sites for hydroxylation is 1. The van der Waals surface area contributed by atoms with Crippen molar-refractivity contribution in [2.24, 2.45) is 0 Å². The normalized spacial score (nSPS) is 16.3. The zero-order chi connectivity index (χ0) is 22.8. The van der Waals surface area contributed by atoms with Gasteiger partial charge < -0.3 is 14.8 Å². The molecule has 0 aromatic heterocycles. The molecule has 0 bridgehead atoms. The van der Waals surface area contributed by atoms with Crippen LogP contribution in [-0.4, -0.2) is 46.4 Å². The van der Waals surface area contributed by atoms with Crippen molar-refractivity contribution in [2.75, 3.05) is 30.3 Å². The van der Waals surface area contributed by atoms with E-state index in [1.54, 1.807) is 12.1 Å². The number of carbonyl (C=O) groups excluding carboxylic acids is 1. The Kier molecular flexibility index (Phi) is 6.50. The third-order valence-electron chi connectivity index (χ3n) is 5.07. The Morgan fingerprint density at radius 2 is 1.87 bits per heavy atom. The van der Waals surface area contributed by atoms with Gasteiger partial charge in [0.1, 0.15) is 18.1 Å². The standard InChI is InChI=1S/C23H30N2O5S/c1-16-6-11-19-20(14-16)30-21(15-25(19)31(5,27)28)22(26)24-12-13-29-18-9-7-17(8-10-18)23(2,3)4/h6-11,14,21H,12-13,15H2,1-5H3,(H,24,26)/t21-/m1/s1. The van der Waals surface area contributed by atoms with Crippen molar-refractivity contribution in [2.45, 2.75) is 39.2 Å². The summed E-state index contributed by atoms with van der Waals surface area (Å²) in [6, 6.07) is 13.1. The van der Waals surface area contributed by atoms with E-state index < -0.39 is 16.1 Å². The third-order valence-corrected chi connectivity index (χ3v) is 6.21. The lowest BCUT2D eigenvalue weighted by Crippen LogP contribution is -2.51. The van der Waals surface area contributed by atoms with Crippen LogP contribution in [0, 0.1) is 6.92 Å². The summed E-state index contributed by atoms with van der Waals surface area (Å²) in [5.74, 6) is 0.725. The van der Waals surface area contributed by atoms with E-state index in [0.29, 0.717) is 18.0 Å². The highest BCUT2D eigenvalue weighted by atomic mass is 32.2. The van der Waals surface area contributed by atoms with E-state index >= 15 is 0 Å². The minimum absolute atomic E-state index is 0.0729. The van der Waals surface area contributed by atoms with E-state index in [-0.39, 0.29) is 24.4 Å². The second-order valence-corrected chi connectivity index (χ2v) is 10.7. The van der Waals surface area contributed by atoms with Gasteiger partial charge in [-0.25, -0.2) is 8.42 Å². The van der Waals surface area contributed by atoms with Gasteiger partial charge in [0.2, 0.25) is 10.0 Å². The lowest BCUT2D eigenvalue weighted by atomic mass is 9.87. The summed E-state index contributed by atoms with van der Waals surface area (Å²) >= 11 is 0. The summed E-state index contributed by atoms with van der Waals surface area (Å²) in [7, 11) is -3.55. The molecule has 7 nitrogen and oxygen atoms in total. The summed E-state index contributed by atoms with van der Waals surface area (Å²) in [5, 5.41) is 2.77. The van der Waals surface area contributed by atoms with E-state index in [2.05, 4.69) is 26.1 Å². The van der Waals surface area contributed by atoms with Crippen molar-refractivity contribution in [3.05, 3.63) is 53.6 Å². The zero-order valence-corrected chi connectivity index (χ0v) is 19.5. The smallest absolute Gasteiger partial charge is 0.263 e. The number of anilines is 1. The number of hydrogen-bond acceptors (Lipinski definition) is 5. The van der Waals surface area contributed by atoms with Gasteiger partial charge >= 0.3 is 0 Å². The van der Waals surface area contributed by atoms with Crippen molar-refractivity contribution in [1.29, 1.82) is 0 Å². The molecule has 0 unspecified atom stereocenters. The molecule has 1 heterocycles. The van der Waals surface area contributed by atoms with Gasteiger partial charge in [0.15, 0.2) is 6.10 Å². The first-order valence-electron chi connectivity index (χ1n) is 10.2. The Bertz CT molecular complexity index is 1040. The van der Waals surface area contributed by atoms with Gasteiger partial charge in [0.25, 0.3) is 5.91 Å². The van der Waals surface area contributed by atoms with Crippen LogP contribution in [0.25, 0.3) is 0 Å². The van der Waals surface area contributed by atoms with Crippen LogP contribution < -0.4 is 19.1 Å². The minimum atomic E-state index is -3.55. The summed E-state index contributed by atoms with van der Waals surface area (Å²) in [5.41, 5.74) is 2.65. The highest BCUT2D eigenvalue weighted by Gasteiger charge is 2.34. The number of sulfonamides is 1. The third kappa shape index (κ3) is 5.70. The molecule has 0 radical (unpaired) electrons. The van der Waals surface area contributed by atoms with E-state index in [9.17, 15) is 13.2 Å². The molecule has 2 aromatic carbocycles. The molecule has 0 spiro atoms. The van der Waals surface area contributed by atoms with Gasteiger partial charge in [-0.1, -0.05) is 39.0 Å². The first-order chi connectivity index (χ1) is 14.4. The van der Waals surface area contributed by atoms with Gasteiger partial charge in [-0.2, -0.15) is 0 Å². The molecular weight excluding hydrogens is 416 g/mol. The monoisotopic (exact) mass is 446 g/mol. The molecule has 0 fully saturated rings. The largest absolute Gasteiger partial charge is 0.492 e. The Hall–Kier alpha value is -2.74. The van der Waals surface area contributed by atoms with Crippen LogP contribution in [0.4, 0.5) is 5.69 Å². The Morgan fingerprint density at radius 3 is 2.48 bits per heavy atom. The molecule has 168 valence electrons. The van der Waals surface area contributed by atoms with Gasteiger partial charge in [-0.15, -0.1) is 0 Å². The molecule has 0 saturated heterocycles. The maximum absolute atomic E-state index is 12.6. The average Bonchev–Trinajstić information content (AvgIpc) is 2.69. The van der Waals surface area contributed by atoms with Crippen LogP contribution in [0.1, 0.15) is 31.9 Å². The van der Waals surface area contributed by atoms with Crippen LogP contribution in [0.3, 0.4) is 0 Å². The van der Waals surface area contributed by atoms with Crippen LogP contribution in [0.15, 0.2) is 42.5 Å². The number of nitrogens with one attached hydrogen (secondary N) is 1. The van der Waals surface area contributed by atoms with E-state index in [0.717, 1.165) is 17.6 Å². The van der Waals surface area contributed by atoms with Crippen molar-refractivity contribution >= 4 is 21.6 Å². The Morgan fingerprint density at radius 1 is 1.19 bits per heavy atom. The molecule has 1 atom stereocenters. The number of ether oxygens (including phenoxy) is 2. The number of benzene rings is 2. The summed E-state index contributed by atoms with van der Waals surface area (Å²) in [6.45, 7) is 8.82. The van der Waals surface area contributed by atoms with Gasteiger partial charge in [0, 0.05) is 0 Å². The lowest BCUT2D eigenvalue weighted by molar-refractivity contribution is -0.127. The first-order valence-corrected chi connectivity index (χ1v) is 12.1. The fraction of sp³-hybridized carbons (Fsp3) is 0.435. The molecule has 1 aliphatic rings. The van der Waals surface area contributed by atoms with E-state index in [4.69, 9.17) is 9.47 Å². The number of carbonyl (C=O) groups is 1. The Balaban J connectivity index is 1.57.